The zero-order valence-corrected chi connectivity index (χ0v) is 14.7. The van der Waals surface area contributed by atoms with Gasteiger partial charge >= 0.3 is 6.03 Å². The molecule has 0 bridgehead atoms. The molecular formula is C18H23N3O2S. The number of rotatable bonds is 7. The molecule has 0 spiro atoms. The first kappa shape index (κ1) is 16.9. The Balaban J connectivity index is 1.60. The Morgan fingerprint density at radius 1 is 1.33 bits per heavy atom. The van der Waals surface area contributed by atoms with Crippen LogP contribution >= 0.6 is 11.3 Å². The molecule has 24 heavy (non-hydrogen) atoms. The Bertz CT molecular complexity index is 680. The highest BCUT2D eigenvalue weighted by Gasteiger charge is 2.32. The molecule has 128 valence electrons. The van der Waals surface area contributed by atoms with Crippen LogP contribution in [0.5, 0.6) is 0 Å². The summed E-state index contributed by atoms with van der Waals surface area (Å²) in [7, 11) is 0. The van der Waals surface area contributed by atoms with E-state index >= 15 is 0 Å². The lowest BCUT2D eigenvalue weighted by molar-refractivity contribution is 0.204. The van der Waals surface area contributed by atoms with Gasteiger partial charge in [0.2, 0.25) is 0 Å². The number of aliphatic hydroxyl groups is 1. The summed E-state index contributed by atoms with van der Waals surface area (Å²) in [6.07, 6.45) is 3.73. The lowest BCUT2D eigenvalue weighted by Gasteiger charge is -2.22. The van der Waals surface area contributed by atoms with Crippen molar-refractivity contribution in [1.82, 2.24) is 9.88 Å². The van der Waals surface area contributed by atoms with Crippen molar-refractivity contribution in [3.8, 4) is 11.3 Å². The molecule has 5 nitrogen and oxygen atoms in total. The summed E-state index contributed by atoms with van der Waals surface area (Å²) in [5.41, 5.74) is 2.82. The Kier molecular flexibility index (Phi) is 5.48. The molecule has 0 atom stereocenters. The molecule has 0 radical (unpaired) electrons. The topological polar surface area (TPSA) is 65.5 Å². The van der Waals surface area contributed by atoms with E-state index in [2.05, 4.69) is 10.3 Å². The van der Waals surface area contributed by atoms with Crippen molar-refractivity contribution < 1.29 is 9.90 Å². The normalized spacial score (nSPS) is 13.8. The number of hydrogen-bond acceptors (Lipinski definition) is 4. The van der Waals surface area contributed by atoms with Gasteiger partial charge in [-0.2, -0.15) is 0 Å². The Morgan fingerprint density at radius 3 is 2.67 bits per heavy atom. The predicted octanol–water partition coefficient (Wildman–Crippen LogP) is 3.89. The Hall–Kier alpha value is -1.92. The predicted molar refractivity (Wildman–Crippen MR) is 97.4 cm³/mol. The van der Waals surface area contributed by atoms with Crippen LogP contribution < -0.4 is 5.32 Å². The second-order valence-corrected chi connectivity index (χ2v) is 7.18. The fourth-order valence-corrected chi connectivity index (χ4v) is 3.27. The third-order valence-electron chi connectivity index (χ3n) is 4.11. The van der Waals surface area contributed by atoms with E-state index in [-0.39, 0.29) is 12.6 Å². The van der Waals surface area contributed by atoms with Crippen molar-refractivity contribution in [2.45, 2.75) is 38.6 Å². The van der Waals surface area contributed by atoms with Crippen molar-refractivity contribution in [2.75, 3.05) is 18.5 Å². The summed E-state index contributed by atoms with van der Waals surface area (Å²) in [6.45, 7) is 2.87. The van der Waals surface area contributed by atoms with Gasteiger partial charge in [0, 0.05) is 35.8 Å². The molecule has 0 saturated heterocycles. The first-order valence-electron chi connectivity index (χ1n) is 8.38. The Morgan fingerprint density at radius 2 is 2.08 bits per heavy atom. The van der Waals surface area contributed by atoms with E-state index in [0.717, 1.165) is 47.6 Å². The average molecular weight is 345 g/mol. The molecule has 1 aromatic heterocycles. The van der Waals surface area contributed by atoms with E-state index in [4.69, 9.17) is 5.11 Å². The van der Waals surface area contributed by atoms with Crippen LogP contribution in [0.4, 0.5) is 10.5 Å². The molecule has 2 aromatic rings. The third-order valence-corrected chi connectivity index (χ3v) is 4.88. The molecule has 3 rings (SSSR count). The van der Waals surface area contributed by atoms with E-state index in [9.17, 15) is 4.79 Å². The summed E-state index contributed by atoms with van der Waals surface area (Å²) in [5.74, 6) is 0. The largest absolute Gasteiger partial charge is 0.396 e. The zero-order valence-electron chi connectivity index (χ0n) is 13.9. The van der Waals surface area contributed by atoms with Crippen LogP contribution in [0.3, 0.4) is 0 Å². The van der Waals surface area contributed by atoms with E-state index in [1.54, 1.807) is 11.3 Å². The number of urea groups is 1. The van der Waals surface area contributed by atoms with Gasteiger partial charge in [-0.05, 0) is 44.7 Å². The molecule has 1 aliphatic rings. The minimum absolute atomic E-state index is 0.0484. The number of hydrogen-bond donors (Lipinski definition) is 2. The van der Waals surface area contributed by atoms with Crippen LogP contribution in [0.2, 0.25) is 0 Å². The van der Waals surface area contributed by atoms with Crippen LogP contribution in [0.1, 0.15) is 30.7 Å². The lowest BCUT2D eigenvalue weighted by Crippen LogP contribution is -2.37. The summed E-state index contributed by atoms with van der Waals surface area (Å²) >= 11 is 1.63. The number of carbonyl (C=O) groups excluding carboxylic acids is 1. The van der Waals surface area contributed by atoms with Crippen molar-refractivity contribution in [3.63, 3.8) is 0 Å². The first-order chi connectivity index (χ1) is 11.7. The summed E-state index contributed by atoms with van der Waals surface area (Å²) < 4.78 is 0. The number of carbonyl (C=O) groups is 1. The van der Waals surface area contributed by atoms with Gasteiger partial charge in [0.25, 0.3) is 0 Å². The maximum atomic E-state index is 12.5. The van der Waals surface area contributed by atoms with E-state index < -0.39 is 0 Å². The number of thiazole rings is 1. The minimum atomic E-state index is -0.0484. The van der Waals surface area contributed by atoms with Gasteiger partial charge in [-0.15, -0.1) is 11.3 Å². The molecule has 6 heteroatoms. The highest BCUT2D eigenvalue weighted by molar-refractivity contribution is 7.09. The van der Waals surface area contributed by atoms with E-state index in [1.807, 2.05) is 41.5 Å². The standard InChI is InChI=1S/C18H23N3O2S/c1-13-19-17(12-24-13)14-4-6-15(7-5-14)20-18(23)21(16-8-9-16)10-2-3-11-22/h4-7,12,16,22H,2-3,8-11H2,1H3,(H,20,23). The number of anilines is 1. The van der Waals surface area contributed by atoms with Gasteiger partial charge < -0.3 is 15.3 Å². The number of aromatic nitrogens is 1. The molecule has 2 amide bonds. The lowest BCUT2D eigenvalue weighted by atomic mass is 10.1. The van der Waals surface area contributed by atoms with E-state index in [0.29, 0.717) is 12.6 Å². The molecule has 1 aliphatic carbocycles. The maximum absolute atomic E-state index is 12.5. The monoisotopic (exact) mass is 345 g/mol. The number of nitrogens with zero attached hydrogens (tertiary/aromatic N) is 2. The third kappa shape index (κ3) is 4.33. The van der Waals surface area contributed by atoms with E-state index in [1.165, 1.54) is 0 Å². The summed E-state index contributed by atoms with van der Waals surface area (Å²) in [6, 6.07) is 8.12. The second-order valence-electron chi connectivity index (χ2n) is 6.11. The molecule has 0 aliphatic heterocycles. The quantitative estimate of drug-likeness (QED) is 0.748. The zero-order chi connectivity index (χ0) is 16.9. The van der Waals surface area contributed by atoms with Crippen molar-refractivity contribution >= 4 is 23.1 Å². The molecule has 0 unspecified atom stereocenters. The smallest absolute Gasteiger partial charge is 0.322 e. The number of nitrogens with one attached hydrogen (secondary N) is 1. The molecule has 1 fully saturated rings. The van der Waals surface area contributed by atoms with Gasteiger partial charge in [-0.1, -0.05) is 12.1 Å². The molecule has 1 heterocycles. The highest BCUT2D eigenvalue weighted by atomic mass is 32.1. The first-order valence-corrected chi connectivity index (χ1v) is 9.26. The molecule has 2 N–H and O–H groups in total. The van der Waals surface area contributed by atoms with Crippen LogP contribution in [0.15, 0.2) is 29.6 Å². The van der Waals surface area contributed by atoms with Crippen molar-refractivity contribution in [3.05, 3.63) is 34.7 Å². The second kappa shape index (κ2) is 7.77. The number of aryl methyl sites for hydroxylation is 1. The fourth-order valence-electron chi connectivity index (χ4n) is 2.65. The van der Waals surface area contributed by atoms with Crippen LogP contribution in [0, 0.1) is 6.92 Å². The Labute approximate surface area is 146 Å². The molecular weight excluding hydrogens is 322 g/mol. The maximum Gasteiger partial charge on any atom is 0.322 e. The molecule has 1 aromatic carbocycles. The number of amides is 2. The number of unbranched alkanes of at least 4 members (excludes halogenated alkanes) is 1. The highest BCUT2D eigenvalue weighted by Crippen LogP contribution is 2.28. The van der Waals surface area contributed by atoms with Gasteiger partial charge in [-0.25, -0.2) is 9.78 Å². The van der Waals surface area contributed by atoms with Gasteiger partial charge in [-0.3, -0.25) is 0 Å². The minimum Gasteiger partial charge on any atom is -0.396 e. The van der Waals surface area contributed by atoms with Crippen molar-refractivity contribution in [1.29, 1.82) is 0 Å². The van der Waals surface area contributed by atoms with Crippen LogP contribution in [0.25, 0.3) is 11.3 Å². The molecule has 1 saturated carbocycles. The van der Waals surface area contributed by atoms with Crippen LogP contribution in [-0.2, 0) is 0 Å². The summed E-state index contributed by atoms with van der Waals surface area (Å²) in [5, 5.41) is 15.0. The van der Waals surface area contributed by atoms with Crippen molar-refractivity contribution in [2.24, 2.45) is 0 Å². The fraction of sp³-hybridized carbons (Fsp3) is 0.444. The van der Waals surface area contributed by atoms with Gasteiger partial charge in [0.15, 0.2) is 0 Å². The van der Waals surface area contributed by atoms with Gasteiger partial charge in [0.05, 0.1) is 10.7 Å². The SMILES string of the molecule is Cc1nc(-c2ccc(NC(=O)N(CCCCO)C3CC3)cc2)cs1. The average Bonchev–Trinajstić information content (AvgIpc) is 3.32. The van der Waals surface area contributed by atoms with Gasteiger partial charge in [0.1, 0.15) is 0 Å². The number of aliphatic hydroxyl groups excluding tert-OH is 1. The number of benzene rings is 1. The summed E-state index contributed by atoms with van der Waals surface area (Å²) in [4.78, 5) is 18.9. The van der Waals surface area contributed by atoms with Crippen LogP contribution in [-0.4, -0.2) is 40.2 Å².